The fraction of sp³-hybridized carbons (Fsp3) is 0.417. The molecule has 0 spiro atoms. The predicted octanol–water partition coefficient (Wildman–Crippen LogP) is 5.40. The van der Waals surface area contributed by atoms with Crippen LogP contribution in [-0.4, -0.2) is 35.4 Å². The van der Waals surface area contributed by atoms with Gasteiger partial charge in [-0.25, -0.2) is 0 Å². The molecule has 6 nitrogen and oxygen atoms in total. The van der Waals surface area contributed by atoms with E-state index in [-0.39, 0.29) is 12.8 Å². The van der Waals surface area contributed by atoms with E-state index in [0.29, 0.717) is 26.1 Å². The van der Waals surface area contributed by atoms with Gasteiger partial charge in [0.2, 0.25) is 0 Å². The van der Waals surface area contributed by atoms with Gasteiger partial charge in [-0.05, 0) is 73.9 Å². The number of hydrogen-bond acceptors (Lipinski definition) is 4. The van der Waals surface area contributed by atoms with E-state index in [0.717, 1.165) is 48.3 Å². The van der Waals surface area contributed by atoms with Gasteiger partial charge in [0.1, 0.15) is 11.5 Å². The molecule has 0 saturated carbocycles. The Morgan fingerprint density at radius 3 is 1.27 bits per heavy atom. The molecule has 0 amide bonds. The van der Waals surface area contributed by atoms with E-state index in [4.69, 9.17) is 19.7 Å². The normalized spacial score (nSPS) is 10.5. The van der Waals surface area contributed by atoms with E-state index in [1.54, 1.807) is 0 Å². The van der Waals surface area contributed by atoms with Crippen LogP contribution in [0.2, 0.25) is 0 Å². The average Bonchev–Trinajstić information content (AvgIpc) is 2.73. The summed E-state index contributed by atoms with van der Waals surface area (Å²) in [4.78, 5) is 20.9. The number of rotatable bonds is 15. The summed E-state index contributed by atoms with van der Waals surface area (Å²) in [7, 11) is 0. The van der Waals surface area contributed by atoms with Crippen molar-refractivity contribution >= 4 is 11.9 Å². The first-order valence-corrected chi connectivity index (χ1v) is 10.4. The highest BCUT2D eigenvalue weighted by atomic mass is 16.5. The van der Waals surface area contributed by atoms with Gasteiger partial charge in [-0.3, -0.25) is 9.59 Å². The molecule has 0 bridgehead atoms. The summed E-state index contributed by atoms with van der Waals surface area (Å²) < 4.78 is 11.4. The summed E-state index contributed by atoms with van der Waals surface area (Å²) in [6, 6.07) is 15.8. The van der Waals surface area contributed by atoms with Gasteiger partial charge in [0.25, 0.3) is 0 Å². The minimum atomic E-state index is -0.751. The summed E-state index contributed by atoms with van der Waals surface area (Å²) in [6.07, 6.45) is 5.18. The zero-order valence-electron chi connectivity index (χ0n) is 17.2. The number of carboxylic acids is 2. The number of ether oxygens (including phenoxy) is 2. The number of aliphatic carboxylic acids is 2. The van der Waals surface area contributed by atoms with Crippen molar-refractivity contribution in [3.8, 4) is 22.6 Å². The average molecular weight is 414 g/mol. The topological polar surface area (TPSA) is 93.1 Å². The second kappa shape index (κ2) is 13.2. The summed E-state index contributed by atoms with van der Waals surface area (Å²) in [5.74, 6) is 0.109. The third-order valence-corrected chi connectivity index (χ3v) is 4.65. The van der Waals surface area contributed by atoms with Crippen molar-refractivity contribution in [1.82, 2.24) is 0 Å². The molecule has 2 aromatic carbocycles. The Hall–Kier alpha value is -3.02. The van der Waals surface area contributed by atoms with Crippen LogP contribution in [0.25, 0.3) is 11.1 Å². The maximum atomic E-state index is 10.5. The monoisotopic (exact) mass is 414 g/mol. The smallest absolute Gasteiger partial charge is 0.303 e. The summed E-state index contributed by atoms with van der Waals surface area (Å²) >= 11 is 0. The molecule has 0 aliphatic carbocycles. The predicted molar refractivity (Wildman–Crippen MR) is 115 cm³/mol. The quantitative estimate of drug-likeness (QED) is 0.379. The molecule has 6 heteroatoms. The molecule has 30 heavy (non-hydrogen) atoms. The highest BCUT2D eigenvalue weighted by Gasteiger charge is 2.02. The first-order chi connectivity index (χ1) is 14.5. The fourth-order valence-electron chi connectivity index (χ4n) is 2.98. The maximum Gasteiger partial charge on any atom is 0.303 e. The molecule has 0 fully saturated rings. The molecule has 2 N–H and O–H groups in total. The lowest BCUT2D eigenvalue weighted by molar-refractivity contribution is -0.138. The molecule has 2 rings (SSSR count). The van der Waals surface area contributed by atoms with E-state index in [2.05, 4.69) is 0 Å². The third-order valence-electron chi connectivity index (χ3n) is 4.65. The third kappa shape index (κ3) is 9.45. The van der Waals surface area contributed by atoms with Gasteiger partial charge < -0.3 is 19.7 Å². The van der Waals surface area contributed by atoms with Crippen LogP contribution in [-0.2, 0) is 9.59 Å². The highest BCUT2D eigenvalue weighted by molar-refractivity contribution is 5.67. The Kier molecular flexibility index (Phi) is 10.3. The summed E-state index contributed by atoms with van der Waals surface area (Å²) in [6.45, 7) is 1.17. The standard InChI is InChI=1S/C24H30O6/c25-23(26)7-3-1-5-17-29-21-13-9-19(10-14-21)20-11-15-22(16-12-20)30-18-6-2-4-8-24(27)28/h9-16H,1-8,17-18H2,(H,25,26)(H,27,28). The van der Waals surface area contributed by atoms with Gasteiger partial charge in [0.15, 0.2) is 0 Å². The lowest BCUT2D eigenvalue weighted by Gasteiger charge is -2.09. The zero-order valence-corrected chi connectivity index (χ0v) is 17.2. The van der Waals surface area contributed by atoms with Crippen LogP contribution in [0, 0.1) is 0 Å². The first kappa shape index (κ1) is 23.3. The lowest BCUT2D eigenvalue weighted by Crippen LogP contribution is -1.99. The van der Waals surface area contributed by atoms with E-state index in [1.165, 1.54) is 0 Å². The van der Waals surface area contributed by atoms with Crippen LogP contribution in [0.4, 0.5) is 0 Å². The van der Waals surface area contributed by atoms with E-state index < -0.39 is 11.9 Å². The Bertz CT molecular complexity index is 700. The van der Waals surface area contributed by atoms with Crippen LogP contribution in [0.1, 0.15) is 51.4 Å². The van der Waals surface area contributed by atoms with Crippen LogP contribution in [0.5, 0.6) is 11.5 Å². The van der Waals surface area contributed by atoms with Crippen molar-refractivity contribution in [2.24, 2.45) is 0 Å². The van der Waals surface area contributed by atoms with Gasteiger partial charge in [0.05, 0.1) is 13.2 Å². The van der Waals surface area contributed by atoms with Crippen molar-refractivity contribution in [3.05, 3.63) is 48.5 Å². The molecule has 0 radical (unpaired) electrons. The minimum absolute atomic E-state index is 0.214. The van der Waals surface area contributed by atoms with Crippen molar-refractivity contribution < 1.29 is 29.3 Å². The molecular formula is C24H30O6. The fourth-order valence-corrected chi connectivity index (χ4v) is 2.98. The highest BCUT2D eigenvalue weighted by Crippen LogP contribution is 2.25. The molecular weight excluding hydrogens is 384 g/mol. The molecule has 0 atom stereocenters. The molecule has 0 unspecified atom stereocenters. The van der Waals surface area contributed by atoms with E-state index in [1.807, 2.05) is 48.5 Å². The van der Waals surface area contributed by atoms with E-state index >= 15 is 0 Å². The lowest BCUT2D eigenvalue weighted by atomic mass is 10.1. The van der Waals surface area contributed by atoms with Crippen molar-refractivity contribution in [2.45, 2.75) is 51.4 Å². The van der Waals surface area contributed by atoms with Crippen molar-refractivity contribution in [2.75, 3.05) is 13.2 Å². The van der Waals surface area contributed by atoms with Gasteiger partial charge in [-0.15, -0.1) is 0 Å². The molecule has 162 valence electrons. The van der Waals surface area contributed by atoms with Gasteiger partial charge in [-0.1, -0.05) is 24.3 Å². The van der Waals surface area contributed by atoms with Crippen LogP contribution >= 0.6 is 0 Å². The second-order valence-corrected chi connectivity index (χ2v) is 7.15. The Morgan fingerprint density at radius 2 is 0.933 bits per heavy atom. The Labute approximate surface area is 177 Å². The van der Waals surface area contributed by atoms with Crippen LogP contribution in [0.3, 0.4) is 0 Å². The molecule has 0 aliphatic heterocycles. The zero-order chi connectivity index (χ0) is 21.6. The minimum Gasteiger partial charge on any atom is -0.494 e. The summed E-state index contributed by atoms with van der Waals surface area (Å²) in [5.41, 5.74) is 2.17. The summed E-state index contributed by atoms with van der Waals surface area (Å²) in [5, 5.41) is 17.2. The molecule has 0 saturated heterocycles. The number of hydrogen-bond donors (Lipinski definition) is 2. The molecule has 0 aliphatic rings. The van der Waals surface area contributed by atoms with Crippen LogP contribution in [0.15, 0.2) is 48.5 Å². The first-order valence-electron chi connectivity index (χ1n) is 10.4. The largest absolute Gasteiger partial charge is 0.494 e. The van der Waals surface area contributed by atoms with Crippen molar-refractivity contribution in [1.29, 1.82) is 0 Å². The van der Waals surface area contributed by atoms with E-state index in [9.17, 15) is 9.59 Å². The molecule has 2 aromatic rings. The van der Waals surface area contributed by atoms with Gasteiger partial charge >= 0.3 is 11.9 Å². The van der Waals surface area contributed by atoms with Crippen LogP contribution < -0.4 is 9.47 Å². The maximum absolute atomic E-state index is 10.5. The number of carboxylic acid groups (broad SMARTS) is 2. The Balaban J connectivity index is 1.69. The van der Waals surface area contributed by atoms with Gasteiger partial charge in [-0.2, -0.15) is 0 Å². The SMILES string of the molecule is O=C(O)CCCCCOc1ccc(-c2ccc(OCCCCCC(=O)O)cc2)cc1. The molecule has 0 aromatic heterocycles. The number of carbonyl (C=O) groups is 2. The van der Waals surface area contributed by atoms with Gasteiger partial charge in [0, 0.05) is 12.8 Å². The molecule has 0 heterocycles. The van der Waals surface area contributed by atoms with Crippen molar-refractivity contribution in [3.63, 3.8) is 0 Å². The second-order valence-electron chi connectivity index (χ2n) is 7.15. The number of unbranched alkanes of at least 4 members (excludes halogenated alkanes) is 4. The number of benzene rings is 2. The Morgan fingerprint density at radius 1 is 0.567 bits per heavy atom.